The Hall–Kier alpha value is -4.71. The van der Waals surface area contributed by atoms with Crippen LogP contribution in [0.25, 0.3) is 5.57 Å². The molecule has 0 bridgehead atoms. The molecule has 1 unspecified atom stereocenters. The van der Waals surface area contributed by atoms with Crippen LogP contribution in [-0.4, -0.2) is 71.6 Å². The van der Waals surface area contributed by atoms with Crippen LogP contribution < -0.4 is 10.1 Å². The molecule has 1 spiro atoms. The van der Waals surface area contributed by atoms with Crippen molar-refractivity contribution in [3.63, 3.8) is 0 Å². The van der Waals surface area contributed by atoms with Gasteiger partial charge in [-0.05, 0) is 60.3 Å². The molecule has 2 N–H and O–H groups in total. The summed E-state index contributed by atoms with van der Waals surface area (Å²) in [5.41, 5.74) is 0.842. The number of halogens is 3. The average Bonchev–Trinajstić information content (AvgIpc) is 3.49. The van der Waals surface area contributed by atoms with E-state index in [1.54, 1.807) is 18.3 Å². The van der Waals surface area contributed by atoms with Crippen LogP contribution in [0, 0.1) is 6.92 Å². The highest BCUT2D eigenvalue weighted by molar-refractivity contribution is 6.43. The Morgan fingerprint density at radius 1 is 1.00 bits per heavy atom. The minimum absolute atomic E-state index is 0.0254. The van der Waals surface area contributed by atoms with E-state index in [4.69, 9.17) is 4.74 Å². The first-order valence-corrected chi connectivity index (χ1v) is 14.0. The SMILES string of the molecule is COc1ccc(C)c2c1CC1(C(=O)N(C)C(=O)N1C)C1=C2C(=O)c2[nH]cc(CCNCc3ccc(C(F)(F)F)cc3)c2C1=O. The molecule has 1 aliphatic heterocycles. The molecule has 44 heavy (non-hydrogen) atoms. The topological polar surface area (TPSA) is 112 Å². The fourth-order valence-electron chi connectivity index (χ4n) is 6.65. The number of methoxy groups -OCH3 is 1. The van der Waals surface area contributed by atoms with E-state index in [0.29, 0.717) is 47.5 Å². The van der Waals surface area contributed by atoms with E-state index < -0.39 is 40.8 Å². The minimum atomic E-state index is -4.41. The van der Waals surface area contributed by atoms with Crippen LogP contribution >= 0.6 is 0 Å². The molecule has 3 aromatic rings. The summed E-state index contributed by atoms with van der Waals surface area (Å²) >= 11 is 0. The van der Waals surface area contributed by atoms with Crippen molar-refractivity contribution in [1.29, 1.82) is 0 Å². The number of H-pyrrole nitrogens is 1. The van der Waals surface area contributed by atoms with E-state index in [0.717, 1.165) is 22.6 Å². The van der Waals surface area contributed by atoms with Crippen LogP contribution in [0.5, 0.6) is 5.75 Å². The molecule has 12 heteroatoms. The lowest BCUT2D eigenvalue weighted by atomic mass is 9.65. The molecule has 3 amide bonds. The Bertz CT molecular complexity index is 1790. The van der Waals surface area contributed by atoms with Crippen molar-refractivity contribution in [2.45, 2.75) is 38.0 Å². The quantitative estimate of drug-likeness (QED) is 0.319. The van der Waals surface area contributed by atoms with E-state index in [-0.39, 0.29) is 28.8 Å². The fraction of sp³-hybridized carbons (Fsp3) is 0.312. The number of urea groups is 1. The molecule has 1 saturated heterocycles. The van der Waals surface area contributed by atoms with Gasteiger partial charge in [-0.2, -0.15) is 13.2 Å². The summed E-state index contributed by atoms with van der Waals surface area (Å²) in [6.45, 7) is 2.46. The number of nitrogens with zero attached hydrogens (tertiary/aromatic N) is 2. The molecule has 1 aromatic heterocycles. The number of likely N-dealkylation sites (N-methyl/N-ethyl adjacent to an activating group) is 2. The number of allylic oxidation sites excluding steroid dienone is 1. The molecule has 2 heterocycles. The van der Waals surface area contributed by atoms with Gasteiger partial charge in [0.05, 0.1) is 23.9 Å². The number of carbonyl (C=O) groups is 4. The van der Waals surface area contributed by atoms with Gasteiger partial charge in [0.2, 0.25) is 5.78 Å². The molecule has 6 rings (SSSR count). The molecule has 228 valence electrons. The number of hydrogen-bond donors (Lipinski definition) is 2. The number of aromatic nitrogens is 1. The highest BCUT2D eigenvalue weighted by Crippen LogP contribution is 2.51. The van der Waals surface area contributed by atoms with Crippen LogP contribution in [0.3, 0.4) is 0 Å². The standard InChI is InChI=1S/C32H29F3N4O5/c1-16-5-10-21(44-4)20-13-31(29(42)38(2)30(43)39(31)3)25-24(22(16)20)28(41)26-23(27(25)40)18(15-37-26)11-12-36-14-17-6-8-19(9-7-17)32(33,34)35/h5-10,15,36-37H,11-14H2,1-4H3. The first-order valence-electron chi connectivity index (χ1n) is 14.0. The molecule has 0 radical (unpaired) electrons. The lowest BCUT2D eigenvalue weighted by molar-refractivity contribution is -0.137. The molecule has 9 nitrogen and oxygen atoms in total. The van der Waals surface area contributed by atoms with Gasteiger partial charge in [0, 0.05) is 50.0 Å². The van der Waals surface area contributed by atoms with Gasteiger partial charge in [-0.1, -0.05) is 18.2 Å². The van der Waals surface area contributed by atoms with E-state index in [1.807, 2.05) is 6.92 Å². The normalized spacial score (nSPS) is 19.6. The van der Waals surface area contributed by atoms with Gasteiger partial charge in [0.1, 0.15) is 5.75 Å². The number of carbonyl (C=O) groups excluding carboxylic acids is 4. The van der Waals surface area contributed by atoms with E-state index in [9.17, 15) is 32.3 Å². The van der Waals surface area contributed by atoms with Crippen LogP contribution in [-0.2, 0) is 30.4 Å². The average molecular weight is 607 g/mol. The maximum atomic E-state index is 14.5. The Balaban J connectivity index is 1.36. The third-order valence-corrected chi connectivity index (χ3v) is 8.90. The second-order valence-corrected chi connectivity index (χ2v) is 11.3. The summed E-state index contributed by atoms with van der Waals surface area (Å²) in [5, 5.41) is 3.16. The summed E-state index contributed by atoms with van der Waals surface area (Å²) in [6.07, 6.45) is -2.56. The van der Waals surface area contributed by atoms with E-state index >= 15 is 0 Å². The van der Waals surface area contributed by atoms with Crippen molar-refractivity contribution in [1.82, 2.24) is 20.1 Å². The Morgan fingerprint density at radius 2 is 1.70 bits per heavy atom. The summed E-state index contributed by atoms with van der Waals surface area (Å²) in [4.78, 5) is 61.0. The first-order chi connectivity index (χ1) is 20.8. The summed E-state index contributed by atoms with van der Waals surface area (Å²) in [5.74, 6) is -1.13. The number of hydrogen-bond acceptors (Lipinski definition) is 6. The molecule has 2 aliphatic carbocycles. The second-order valence-electron chi connectivity index (χ2n) is 11.3. The maximum Gasteiger partial charge on any atom is 0.416 e. The lowest BCUT2D eigenvalue weighted by Crippen LogP contribution is -2.56. The number of imide groups is 1. The molecule has 3 aliphatic rings. The molecule has 1 fully saturated rings. The number of rotatable bonds is 6. The largest absolute Gasteiger partial charge is 0.496 e. The molecule has 1 atom stereocenters. The third kappa shape index (κ3) is 4.11. The van der Waals surface area contributed by atoms with Crippen molar-refractivity contribution < 1.29 is 37.1 Å². The van der Waals surface area contributed by atoms with Gasteiger partial charge in [-0.25, -0.2) is 4.79 Å². The van der Waals surface area contributed by atoms with E-state index in [2.05, 4.69) is 10.3 Å². The number of ketones is 2. The van der Waals surface area contributed by atoms with Gasteiger partial charge in [0.25, 0.3) is 5.91 Å². The van der Waals surface area contributed by atoms with Crippen LogP contribution in [0.1, 0.15) is 54.2 Å². The third-order valence-electron chi connectivity index (χ3n) is 8.90. The Morgan fingerprint density at radius 3 is 2.32 bits per heavy atom. The van der Waals surface area contributed by atoms with Crippen LogP contribution in [0.4, 0.5) is 18.0 Å². The lowest BCUT2D eigenvalue weighted by Gasteiger charge is -2.42. The smallest absolute Gasteiger partial charge is 0.416 e. The van der Waals surface area contributed by atoms with Crippen molar-refractivity contribution in [2.75, 3.05) is 27.7 Å². The van der Waals surface area contributed by atoms with Crippen molar-refractivity contribution in [3.05, 3.63) is 92.8 Å². The van der Waals surface area contributed by atoms with Gasteiger partial charge in [0.15, 0.2) is 11.3 Å². The van der Waals surface area contributed by atoms with Crippen LogP contribution in [0.2, 0.25) is 0 Å². The number of aryl methyl sites for hydroxylation is 1. The molecular weight excluding hydrogens is 577 g/mol. The van der Waals surface area contributed by atoms with E-state index in [1.165, 1.54) is 38.2 Å². The molecule has 2 aromatic carbocycles. The number of amides is 3. The maximum absolute atomic E-state index is 14.5. The predicted molar refractivity (Wildman–Crippen MR) is 153 cm³/mol. The highest BCUT2D eigenvalue weighted by atomic mass is 19.4. The predicted octanol–water partition coefficient (Wildman–Crippen LogP) is 4.33. The second kappa shape index (κ2) is 10.2. The Kier molecular flexibility index (Phi) is 6.80. The molecular formula is C32H29F3N4O5. The minimum Gasteiger partial charge on any atom is -0.496 e. The van der Waals surface area contributed by atoms with Crippen molar-refractivity contribution >= 4 is 29.1 Å². The number of benzene rings is 2. The number of ether oxygens (including phenoxy) is 1. The number of aromatic amines is 1. The number of nitrogens with one attached hydrogen (secondary N) is 2. The zero-order chi connectivity index (χ0) is 31.7. The highest BCUT2D eigenvalue weighted by Gasteiger charge is 2.63. The van der Waals surface area contributed by atoms with Gasteiger partial charge in [-0.15, -0.1) is 0 Å². The fourth-order valence-corrected chi connectivity index (χ4v) is 6.65. The monoisotopic (exact) mass is 606 g/mol. The Labute approximate surface area is 250 Å². The number of alkyl halides is 3. The van der Waals surface area contributed by atoms with Crippen molar-refractivity contribution in [2.24, 2.45) is 0 Å². The van der Waals surface area contributed by atoms with Gasteiger partial charge < -0.3 is 19.9 Å². The first kappa shape index (κ1) is 29.4. The summed E-state index contributed by atoms with van der Waals surface area (Å²) in [7, 11) is 4.29. The summed E-state index contributed by atoms with van der Waals surface area (Å²) in [6, 6.07) is 7.77. The molecule has 0 saturated carbocycles. The van der Waals surface area contributed by atoms with Crippen molar-refractivity contribution in [3.8, 4) is 5.75 Å². The van der Waals surface area contributed by atoms with Gasteiger partial charge >= 0.3 is 12.2 Å². The zero-order valence-electron chi connectivity index (χ0n) is 24.4. The summed E-state index contributed by atoms with van der Waals surface area (Å²) < 4.78 is 44.2. The number of fused-ring (bicyclic) bond motifs is 4. The zero-order valence-corrected chi connectivity index (χ0v) is 24.4. The van der Waals surface area contributed by atoms with Gasteiger partial charge in [-0.3, -0.25) is 19.3 Å². The van der Waals surface area contributed by atoms with Crippen LogP contribution in [0.15, 0.2) is 48.2 Å². The number of Topliss-reactive ketones (excluding diaryl/α,β-unsaturated/α-hetero) is 2.